The second-order valence-corrected chi connectivity index (χ2v) is 3.81. The normalized spacial score (nSPS) is 21.6. The van der Waals surface area contributed by atoms with Crippen molar-refractivity contribution in [2.75, 3.05) is 6.61 Å². The van der Waals surface area contributed by atoms with Gasteiger partial charge in [-0.3, -0.25) is 0 Å². The highest BCUT2D eigenvalue weighted by molar-refractivity contribution is 6.30. The van der Waals surface area contributed by atoms with Crippen molar-refractivity contribution in [2.45, 2.75) is 6.10 Å². The van der Waals surface area contributed by atoms with E-state index >= 15 is 0 Å². The van der Waals surface area contributed by atoms with Crippen molar-refractivity contribution in [3.63, 3.8) is 0 Å². The molecule has 0 bridgehead atoms. The van der Waals surface area contributed by atoms with Gasteiger partial charge < -0.3 is 4.74 Å². The molecule has 1 nitrogen and oxygen atoms in total. The standard InChI is InChI=1S/C12H11ClO/c1-8-7-14-12(9(8)2)10-4-3-5-11(13)6-10/h3-6,12H,1-2,7H2. The number of ether oxygens (including phenoxy) is 1. The van der Waals surface area contributed by atoms with Crippen LogP contribution in [0.25, 0.3) is 0 Å². The Labute approximate surface area is 88.7 Å². The quantitative estimate of drug-likeness (QED) is 0.683. The fourth-order valence-electron chi connectivity index (χ4n) is 1.53. The monoisotopic (exact) mass is 206 g/mol. The Hall–Kier alpha value is -1.05. The maximum absolute atomic E-state index is 5.90. The zero-order valence-electron chi connectivity index (χ0n) is 7.79. The van der Waals surface area contributed by atoms with Crippen molar-refractivity contribution in [2.24, 2.45) is 0 Å². The summed E-state index contributed by atoms with van der Waals surface area (Å²) in [7, 11) is 0. The highest BCUT2D eigenvalue weighted by atomic mass is 35.5. The fraction of sp³-hybridized carbons (Fsp3) is 0.167. The number of hydrogen-bond donors (Lipinski definition) is 0. The zero-order chi connectivity index (χ0) is 10.1. The largest absolute Gasteiger partial charge is 0.364 e. The molecule has 1 saturated heterocycles. The van der Waals surface area contributed by atoms with Crippen LogP contribution in [-0.2, 0) is 4.74 Å². The number of benzene rings is 1. The SMILES string of the molecule is C=C1COC(c2cccc(Cl)c2)C1=C. The van der Waals surface area contributed by atoms with Crippen molar-refractivity contribution < 1.29 is 4.74 Å². The molecule has 1 heterocycles. The average Bonchev–Trinajstić information content (AvgIpc) is 2.48. The van der Waals surface area contributed by atoms with Crippen LogP contribution < -0.4 is 0 Å². The first kappa shape index (κ1) is 9.50. The van der Waals surface area contributed by atoms with Crippen LogP contribution in [-0.4, -0.2) is 6.61 Å². The van der Waals surface area contributed by atoms with Crippen LogP contribution in [0, 0.1) is 0 Å². The first-order valence-electron chi connectivity index (χ1n) is 4.42. The van der Waals surface area contributed by atoms with E-state index in [0.717, 1.165) is 21.7 Å². The van der Waals surface area contributed by atoms with E-state index in [-0.39, 0.29) is 6.10 Å². The van der Waals surface area contributed by atoms with E-state index < -0.39 is 0 Å². The van der Waals surface area contributed by atoms with Crippen LogP contribution >= 0.6 is 11.6 Å². The number of hydrogen-bond acceptors (Lipinski definition) is 1. The molecule has 1 fully saturated rings. The summed E-state index contributed by atoms with van der Waals surface area (Å²) in [4.78, 5) is 0. The van der Waals surface area contributed by atoms with Crippen molar-refractivity contribution in [1.29, 1.82) is 0 Å². The Kier molecular flexibility index (Phi) is 2.44. The summed E-state index contributed by atoms with van der Waals surface area (Å²) in [5.74, 6) is 0. The van der Waals surface area contributed by atoms with Gasteiger partial charge in [0.05, 0.1) is 6.61 Å². The lowest BCUT2D eigenvalue weighted by molar-refractivity contribution is 0.131. The van der Waals surface area contributed by atoms with Gasteiger partial charge in [0.25, 0.3) is 0 Å². The number of rotatable bonds is 1. The molecule has 1 aromatic carbocycles. The zero-order valence-corrected chi connectivity index (χ0v) is 8.55. The van der Waals surface area contributed by atoms with Gasteiger partial charge in [-0.1, -0.05) is 36.9 Å². The van der Waals surface area contributed by atoms with Gasteiger partial charge in [-0.2, -0.15) is 0 Å². The molecule has 1 aliphatic rings. The van der Waals surface area contributed by atoms with E-state index in [0.29, 0.717) is 6.61 Å². The molecule has 14 heavy (non-hydrogen) atoms. The molecule has 0 aliphatic carbocycles. The second kappa shape index (κ2) is 3.60. The Balaban J connectivity index is 2.32. The van der Waals surface area contributed by atoms with Crippen molar-refractivity contribution in [3.8, 4) is 0 Å². The van der Waals surface area contributed by atoms with Crippen LogP contribution in [0.15, 0.2) is 48.6 Å². The van der Waals surface area contributed by atoms with Gasteiger partial charge in [0, 0.05) is 5.02 Å². The first-order valence-corrected chi connectivity index (χ1v) is 4.80. The summed E-state index contributed by atoms with van der Waals surface area (Å²) in [5, 5.41) is 0.719. The van der Waals surface area contributed by atoms with Gasteiger partial charge in [0.15, 0.2) is 0 Å². The van der Waals surface area contributed by atoms with Gasteiger partial charge >= 0.3 is 0 Å². The summed E-state index contributed by atoms with van der Waals surface area (Å²) in [6, 6.07) is 7.64. The Morgan fingerprint density at radius 2 is 2.14 bits per heavy atom. The molecule has 1 aromatic rings. The van der Waals surface area contributed by atoms with Crippen molar-refractivity contribution in [3.05, 3.63) is 59.2 Å². The average molecular weight is 207 g/mol. The van der Waals surface area contributed by atoms with E-state index in [4.69, 9.17) is 16.3 Å². The van der Waals surface area contributed by atoms with E-state index in [1.54, 1.807) is 0 Å². The molecule has 2 heteroatoms. The Bertz CT molecular complexity index is 395. The third kappa shape index (κ3) is 1.61. The molecular formula is C12H11ClO. The van der Waals surface area contributed by atoms with Crippen LogP contribution in [0.3, 0.4) is 0 Å². The Morgan fingerprint density at radius 1 is 1.36 bits per heavy atom. The minimum atomic E-state index is -0.0683. The minimum Gasteiger partial charge on any atom is -0.364 e. The minimum absolute atomic E-state index is 0.0683. The molecule has 0 amide bonds. The van der Waals surface area contributed by atoms with Crippen LogP contribution in [0.2, 0.25) is 5.02 Å². The second-order valence-electron chi connectivity index (χ2n) is 3.37. The number of halogens is 1. The highest BCUT2D eigenvalue weighted by Gasteiger charge is 2.24. The Morgan fingerprint density at radius 3 is 2.71 bits per heavy atom. The molecule has 1 aliphatic heterocycles. The highest BCUT2D eigenvalue weighted by Crippen LogP contribution is 2.35. The summed E-state index contributed by atoms with van der Waals surface area (Å²) >= 11 is 5.90. The van der Waals surface area contributed by atoms with Crippen LogP contribution in [0.5, 0.6) is 0 Å². The van der Waals surface area contributed by atoms with Gasteiger partial charge in [0.2, 0.25) is 0 Å². The lowest BCUT2D eigenvalue weighted by atomic mass is 10.0. The molecule has 72 valence electrons. The fourth-order valence-corrected chi connectivity index (χ4v) is 1.73. The van der Waals surface area contributed by atoms with Gasteiger partial charge in [-0.15, -0.1) is 0 Å². The van der Waals surface area contributed by atoms with E-state index in [1.165, 1.54) is 0 Å². The molecule has 0 N–H and O–H groups in total. The predicted molar refractivity (Wildman–Crippen MR) is 58.4 cm³/mol. The molecule has 1 atom stereocenters. The molecule has 1 unspecified atom stereocenters. The third-order valence-corrected chi connectivity index (χ3v) is 2.58. The van der Waals surface area contributed by atoms with Gasteiger partial charge in [-0.05, 0) is 28.8 Å². The summed E-state index contributed by atoms with van der Waals surface area (Å²) in [6.07, 6.45) is -0.0683. The molecule has 0 saturated carbocycles. The van der Waals surface area contributed by atoms with Crippen LogP contribution in [0.4, 0.5) is 0 Å². The van der Waals surface area contributed by atoms with E-state index in [9.17, 15) is 0 Å². The van der Waals surface area contributed by atoms with Crippen molar-refractivity contribution in [1.82, 2.24) is 0 Å². The first-order chi connectivity index (χ1) is 6.68. The van der Waals surface area contributed by atoms with Gasteiger partial charge in [0.1, 0.15) is 6.10 Å². The predicted octanol–water partition coefficient (Wildman–Crippen LogP) is 3.52. The lowest BCUT2D eigenvalue weighted by Crippen LogP contribution is -1.96. The maximum Gasteiger partial charge on any atom is 0.108 e. The van der Waals surface area contributed by atoms with E-state index in [2.05, 4.69) is 13.2 Å². The lowest BCUT2D eigenvalue weighted by Gasteiger charge is -2.10. The summed E-state index contributed by atoms with van der Waals surface area (Å²) < 4.78 is 5.56. The molecule has 0 radical (unpaired) electrons. The van der Waals surface area contributed by atoms with Crippen molar-refractivity contribution >= 4 is 11.6 Å². The molecule has 2 rings (SSSR count). The summed E-state index contributed by atoms with van der Waals surface area (Å²) in [6.45, 7) is 8.40. The summed E-state index contributed by atoms with van der Waals surface area (Å²) in [5.41, 5.74) is 2.96. The smallest absolute Gasteiger partial charge is 0.108 e. The topological polar surface area (TPSA) is 9.23 Å². The van der Waals surface area contributed by atoms with E-state index in [1.807, 2.05) is 24.3 Å². The molecule has 0 aromatic heterocycles. The van der Waals surface area contributed by atoms with Crippen LogP contribution in [0.1, 0.15) is 11.7 Å². The van der Waals surface area contributed by atoms with Gasteiger partial charge in [-0.25, -0.2) is 0 Å². The maximum atomic E-state index is 5.90. The molecule has 0 spiro atoms. The third-order valence-electron chi connectivity index (χ3n) is 2.35. The molecular weight excluding hydrogens is 196 g/mol.